The summed E-state index contributed by atoms with van der Waals surface area (Å²) in [5.74, 6) is 1.82. The van der Waals surface area contributed by atoms with E-state index in [4.69, 9.17) is 20.7 Å². The van der Waals surface area contributed by atoms with Crippen LogP contribution in [0.4, 0.5) is 0 Å². The van der Waals surface area contributed by atoms with Crippen molar-refractivity contribution in [2.45, 2.75) is 6.04 Å². The first-order valence-corrected chi connectivity index (χ1v) is 21.6. The third-order valence-electron chi connectivity index (χ3n) is 11.6. The Morgan fingerprint density at radius 3 is 1.66 bits per heavy atom. The minimum absolute atomic E-state index is 0.421. The molecule has 3 heterocycles. The molecule has 5 nitrogen and oxygen atoms in total. The topological polar surface area (TPSA) is 76.7 Å². The quantitative estimate of drug-likeness (QED) is 0.160. The van der Waals surface area contributed by atoms with Crippen molar-refractivity contribution in [3.05, 3.63) is 234 Å². The second kappa shape index (κ2) is 16.0. The third kappa shape index (κ3) is 6.97. The Balaban J connectivity index is 1.00. The Morgan fingerprint density at radius 1 is 0.452 bits per heavy atom. The molecule has 6 heteroatoms. The van der Waals surface area contributed by atoms with Gasteiger partial charge in [0.1, 0.15) is 0 Å². The molecule has 0 radical (unpaired) electrons. The highest BCUT2D eigenvalue weighted by molar-refractivity contribution is 7.26. The molecule has 1 aliphatic rings. The molecule has 10 aromatic rings. The maximum absolute atomic E-state index is 7.30. The third-order valence-corrected chi connectivity index (χ3v) is 12.8. The predicted octanol–water partition coefficient (Wildman–Crippen LogP) is 13.6. The lowest BCUT2D eigenvalue weighted by molar-refractivity contribution is 0.928. The summed E-state index contributed by atoms with van der Waals surface area (Å²) in [5.41, 5.74) is 20.7. The van der Waals surface area contributed by atoms with Crippen molar-refractivity contribution >= 4 is 54.6 Å². The normalized spacial score (nSPS) is 13.6. The number of hydrogen-bond donors (Lipinski definition) is 2. The van der Waals surface area contributed by atoms with Crippen LogP contribution in [-0.4, -0.2) is 15.0 Å². The first-order chi connectivity index (χ1) is 30.6. The number of hydrogen-bond acceptors (Lipinski definition) is 6. The highest BCUT2D eigenvalue weighted by Gasteiger charge is 2.25. The number of benzene rings is 8. The molecule has 2 aromatic heterocycles. The van der Waals surface area contributed by atoms with Gasteiger partial charge in [0.15, 0.2) is 17.5 Å². The molecule has 0 bridgehead atoms. The molecule has 1 aliphatic heterocycles. The van der Waals surface area contributed by atoms with Crippen molar-refractivity contribution < 1.29 is 0 Å². The number of nitrogens with one attached hydrogen (secondary N) is 1. The molecule has 1 unspecified atom stereocenters. The van der Waals surface area contributed by atoms with E-state index in [0.717, 1.165) is 67.0 Å². The zero-order valence-corrected chi connectivity index (χ0v) is 34.4. The summed E-state index contributed by atoms with van der Waals surface area (Å²) >= 11 is 1.84. The van der Waals surface area contributed by atoms with Gasteiger partial charge in [-0.25, -0.2) is 15.0 Å². The van der Waals surface area contributed by atoms with Crippen LogP contribution in [0, 0.1) is 0 Å². The molecule has 0 aliphatic carbocycles. The SMILES string of the molecule is NC(C(=C1NC(c2ccccc2)=Cc2ccccc21)c1ccc(-c2nc(-c3ccccc3)nc(-c3ccc(-c4cccc5c4sc4ccccc45)cc3)n2)cc1)c1ccccc1. The van der Waals surface area contributed by atoms with E-state index in [2.05, 4.69) is 163 Å². The van der Waals surface area contributed by atoms with Crippen LogP contribution in [0.15, 0.2) is 206 Å². The standard InChI is InChI=1S/C56H39N5S/c57-51(39-17-6-2-7-18-39)50(52-44-22-11-10-21-43(44)35-48(58-52)37-15-4-1-5-16-37)38-29-33-42(34-30-38)56-60-54(40-19-8-3-9-20-40)59-55(61-56)41-31-27-36(28-32-41)45-24-14-25-47-46-23-12-13-26-49(46)62-53(45)47/h1-35,51,58H,57H2. The number of nitrogens with zero attached hydrogens (tertiary/aromatic N) is 3. The average molecular weight is 814 g/mol. The highest BCUT2D eigenvalue weighted by Crippen LogP contribution is 2.42. The minimum Gasteiger partial charge on any atom is -0.354 e. The van der Waals surface area contributed by atoms with E-state index in [1.54, 1.807) is 0 Å². The van der Waals surface area contributed by atoms with E-state index in [0.29, 0.717) is 17.5 Å². The molecule has 0 saturated carbocycles. The number of aromatic nitrogens is 3. The molecule has 294 valence electrons. The highest BCUT2D eigenvalue weighted by atomic mass is 32.1. The van der Waals surface area contributed by atoms with Gasteiger partial charge in [-0.3, -0.25) is 0 Å². The molecule has 0 saturated heterocycles. The molecule has 3 N–H and O–H groups in total. The maximum Gasteiger partial charge on any atom is 0.164 e. The fraction of sp³-hybridized carbons (Fsp3) is 0.0179. The lowest BCUT2D eigenvalue weighted by Crippen LogP contribution is -2.22. The van der Waals surface area contributed by atoms with Gasteiger partial charge in [-0.1, -0.05) is 200 Å². The molecule has 62 heavy (non-hydrogen) atoms. The zero-order valence-electron chi connectivity index (χ0n) is 33.6. The zero-order chi connectivity index (χ0) is 41.4. The van der Waals surface area contributed by atoms with Gasteiger partial charge in [0.25, 0.3) is 0 Å². The first kappa shape index (κ1) is 37.2. The van der Waals surface area contributed by atoms with Gasteiger partial charge in [0, 0.05) is 53.7 Å². The van der Waals surface area contributed by atoms with Gasteiger partial charge in [-0.15, -0.1) is 11.3 Å². The van der Waals surface area contributed by atoms with E-state index in [1.807, 2.05) is 65.9 Å². The lowest BCUT2D eigenvalue weighted by Gasteiger charge is -2.28. The Hall–Kier alpha value is -7.77. The second-order valence-electron chi connectivity index (χ2n) is 15.4. The largest absolute Gasteiger partial charge is 0.354 e. The average Bonchev–Trinajstić information content (AvgIpc) is 3.74. The Kier molecular flexibility index (Phi) is 9.62. The van der Waals surface area contributed by atoms with Crippen molar-refractivity contribution in [2.75, 3.05) is 0 Å². The van der Waals surface area contributed by atoms with Crippen molar-refractivity contribution in [3.63, 3.8) is 0 Å². The van der Waals surface area contributed by atoms with Crippen LogP contribution in [0.25, 0.3) is 88.5 Å². The van der Waals surface area contributed by atoms with Gasteiger partial charge in [-0.05, 0) is 45.5 Å². The van der Waals surface area contributed by atoms with E-state index in [1.165, 1.54) is 25.7 Å². The summed E-state index contributed by atoms with van der Waals surface area (Å²) in [6.45, 7) is 0. The van der Waals surface area contributed by atoms with Crippen LogP contribution in [-0.2, 0) is 0 Å². The van der Waals surface area contributed by atoms with E-state index >= 15 is 0 Å². The number of rotatable bonds is 8. The summed E-state index contributed by atoms with van der Waals surface area (Å²) in [4.78, 5) is 15.2. The van der Waals surface area contributed by atoms with Crippen molar-refractivity contribution in [2.24, 2.45) is 5.73 Å². The van der Waals surface area contributed by atoms with Crippen LogP contribution in [0.3, 0.4) is 0 Å². The van der Waals surface area contributed by atoms with Gasteiger partial charge in [0.2, 0.25) is 0 Å². The van der Waals surface area contributed by atoms with Crippen molar-refractivity contribution in [1.82, 2.24) is 20.3 Å². The monoisotopic (exact) mass is 813 g/mol. The van der Waals surface area contributed by atoms with Crippen LogP contribution >= 0.6 is 11.3 Å². The van der Waals surface area contributed by atoms with E-state index in [9.17, 15) is 0 Å². The van der Waals surface area contributed by atoms with Crippen LogP contribution in [0.1, 0.15) is 33.9 Å². The summed E-state index contributed by atoms with van der Waals surface area (Å²) in [5, 5.41) is 6.41. The summed E-state index contributed by atoms with van der Waals surface area (Å²) < 4.78 is 2.59. The fourth-order valence-electron chi connectivity index (χ4n) is 8.46. The van der Waals surface area contributed by atoms with E-state index < -0.39 is 6.04 Å². The molecule has 1 atom stereocenters. The van der Waals surface area contributed by atoms with Crippen LogP contribution < -0.4 is 11.1 Å². The number of nitrogens with two attached hydrogens (primary N) is 1. The second-order valence-corrected chi connectivity index (χ2v) is 16.5. The molecular formula is C56H39N5S. The van der Waals surface area contributed by atoms with E-state index in [-0.39, 0.29) is 0 Å². The lowest BCUT2D eigenvalue weighted by atomic mass is 9.86. The van der Waals surface area contributed by atoms with Gasteiger partial charge < -0.3 is 11.1 Å². The molecule has 11 rings (SSSR count). The molecule has 0 fully saturated rings. The Labute approximate surface area is 364 Å². The van der Waals surface area contributed by atoms with Gasteiger partial charge >= 0.3 is 0 Å². The maximum atomic E-state index is 7.30. The number of thiophene rings is 1. The molecule has 0 amide bonds. The summed E-state index contributed by atoms with van der Waals surface area (Å²) in [6, 6.07) is 71.2. The van der Waals surface area contributed by atoms with Crippen molar-refractivity contribution in [3.8, 4) is 45.3 Å². The van der Waals surface area contributed by atoms with Gasteiger partial charge in [-0.2, -0.15) is 0 Å². The fourth-order valence-corrected chi connectivity index (χ4v) is 9.70. The smallest absolute Gasteiger partial charge is 0.164 e. The molecule has 0 spiro atoms. The predicted molar refractivity (Wildman–Crippen MR) is 259 cm³/mol. The molecule has 8 aromatic carbocycles. The number of fused-ring (bicyclic) bond motifs is 4. The summed E-state index contributed by atoms with van der Waals surface area (Å²) in [6.07, 6.45) is 2.21. The van der Waals surface area contributed by atoms with Crippen molar-refractivity contribution in [1.29, 1.82) is 0 Å². The first-order valence-electron chi connectivity index (χ1n) is 20.8. The van der Waals surface area contributed by atoms with Gasteiger partial charge in [0.05, 0.1) is 11.7 Å². The Bertz CT molecular complexity index is 3300. The van der Waals surface area contributed by atoms with Crippen LogP contribution in [0.5, 0.6) is 0 Å². The van der Waals surface area contributed by atoms with Crippen LogP contribution in [0.2, 0.25) is 0 Å². The Morgan fingerprint density at radius 2 is 0.968 bits per heavy atom. The summed E-state index contributed by atoms with van der Waals surface area (Å²) in [7, 11) is 0. The minimum atomic E-state index is -0.421. The molecular weight excluding hydrogens is 775 g/mol.